The number of allylic oxidation sites excluding steroid dienone is 1. The third kappa shape index (κ3) is 4.32. The molecule has 94 valence electrons. The van der Waals surface area contributed by atoms with Crippen molar-refractivity contribution < 1.29 is 9.36 Å². The smallest absolute Gasteiger partial charge is 0.273 e. The van der Waals surface area contributed by atoms with Gasteiger partial charge in [0.1, 0.15) is 0 Å². The van der Waals surface area contributed by atoms with E-state index < -0.39 is 6.65 Å². The number of hydrogen-bond donors (Lipinski definition) is 1. The first kappa shape index (κ1) is 15.8. The fourth-order valence-corrected chi connectivity index (χ4v) is 5.37. The Morgan fingerprint density at radius 1 is 1.62 bits per heavy atom. The molecule has 0 saturated carbocycles. The summed E-state index contributed by atoms with van der Waals surface area (Å²) in [7, 11) is 3.19. The Balaban J connectivity index is 4.81. The van der Waals surface area contributed by atoms with E-state index in [-0.39, 0.29) is 11.2 Å². The summed E-state index contributed by atoms with van der Waals surface area (Å²) >= 11 is 1.32. The molecule has 6 heteroatoms. The molecule has 0 bridgehead atoms. The van der Waals surface area contributed by atoms with Crippen molar-refractivity contribution in [2.75, 3.05) is 14.1 Å². The summed E-state index contributed by atoms with van der Waals surface area (Å²) in [6.07, 6.45) is 3.98. The second kappa shape index (κ2) is 7.15. The Bertz CT molecular complexity index is 307. The zero-order valence-electron chi connectivity index (χ0n) is 10.6. The lowest BCUT2D eigenvalue weighted by molar-refractivity contribution is -0.120. The minimum Gasteiger partial charge on any atom is -0.273 e. The summed E-state index contributed by atoms with van der Waals surface area (Å²) in [6, 6.07) is 0. The normalized spacial score (nSPS) is 17.1. The fourth-order valence-electron chi connectivity index (χ4n) is 0.972. The van der Waals surface area contributed by atoms with Crippen LogP contribution in [0, 0.1) is 0 Å². The monoisotopic (exact) mass is 264 g/mol. The van der Waals surface area contributed by atoms with Crippen molar-refractivity contribution in [3.63, 3.8) is 0 Å². The minimum atomic E-state index is -2.85. The SMILES string of the molecule is CC=CC(=O)N(C)P(=O)(NC)SC(C)CC. The van der Waals surface area contributed by atoms with E-state index in [4.69, 9.17) is 0 Å². The molecule has 4 nitrogen and oxygen atoms in total. The van der Waals surface area contributed by atoms with Gasteiger partial charge < -0.3 is 0 Å². The number of carbonyl (C=O) groups excluding carboxylic acids is 1. The highest BCUT2D eigenvalue weighted by Gasteiger charge is 2.31. The fraction of sp³-hybridized carbons (Fsp3) is 0.700. The van der Waals surface area contributed by atoms with Gasteiger partial charge in [-0.1, -0.05) is 31.3 Å². The number of hydrogen-bond acceptors (Lipinski definition) is 3. The van der Waals surface area contributed by atoms with E-state index >= 15 is 0 Å². The predicted molar refractivity (Wildman–Crippen MR) is 71.6 cm³/mol. The maximum absolute atomic E-state index is 12.5. The van der Waals surface area contributed by atoms with E-state index in [1.165, 1.54) is 22.1 Å². The van der Waals surface area contributed by atoms with Crippen molar-refractivity contribution in [2.45, 2.75) is 32.4 Å². The summed E-state index contributed by atoms with van der Waals surface area (Å²) in [5.41, 5.74) is 0. The number of likely N-dealkylation sites (N-methyl/N-ethyl adjacent to an activating group) is 1. The van der Waals surface area contributed by atoms with Crippen molar-refractivity contribution >= 4 is 23.9 Å². The third-order valence-corrected chi connectivity index (χ3v) is 7.95. The van der Waals surface area contributed by atoms with Crippen molar-refractivity contribution in [1.29, 1.82) is 0 Å². The van der Waals surface area contributed by atoms with Crippen LogP contribution in [0.1, 0.15) is 27.2 Å². The van der Waals surface area contributed by atoms with Crippen molar-refractivity contribution in [3.8, 4) is 0 Å². The number of nitrogens with one attached hydrogen (secondary N) is 1. The van der Waals surface area contributed by atoms with E-state index in [2.05, 4.69) is 5.09 Å². The third-order valence-electron chi connectivity index (χ3n) is 2.20. The van der Waals surface area contributed by atoms with E-state index in [9.17, 15) is 9.36 Å². The van der Waals surface area contributed by atoms with Gasteiger partial charge in [-0.3, -0.25) is 14.0 Å². The molecule has 0 rings (SSSR count). The zero-order chi connectivity index (χ0) is 12.8. The van der Waals surface area contributed by atoms with Crippen LogP contribution in [0.15, 0.2) is 12.2 Å². The Labute approximate surface area is 102 Å². The standard InChI is InChI=1S/C10H21N2O2PS/c1-6-8-10(13)12(5)15(14,11-4)16-9(3)7-2/h6,8-9H,7H2,1-5H3,(H,11,14). The molecule has 2 atom stereocenters. The highest BCUT2D eigenvalue weighted by molar-refractivity contribution is 8.57. The van der Waals surface area contributed by atoms with Crippen LogP contribution >= 0.6 is 18.0 Å². The molecule has 1 N–H and O–H groups in total. The van der Waals surface area contributed by atoms with Crippen molar-refractivity contribution in [3.05, 3.63) is 12.2 Å². The molecule has 1 amide bonds. The van der Waals surface area contributed by atoms with E-state index in [0.29, 0.717) is 0 Å². The summed E-state index contributed by atoms with van der Waals surface area (Å²) in [6.45, 7) is 2.95. The second-order valence-electron chi connectivity index (χ2n) is 3.43. The number of nitrogens with zero attached hydrogens (tertiary/aromatic N) is 1. The van der Waals surface area contributed by atoms with E-state index in [0.717, 1.165) is 6.42 Å². The number of rotatable bonds is 6. The molecular formula is C10H21N2O2PS. The van der Waals surface area contributed by atoms with E-state index in [1.807, 2.05) is 13.8 Å². The molecule has 0 aromatic rings. The van der Waals surface area contributed by atoms with Crippen molar-refractivity contribution in [1.82, 2.24) is 9.76 Å². The molecule has 0 fully saturated rings. The topological polar surface area (TPSA) is 49.4 Å². The summed E-state index contributed by atoms with van der Waals surface area (Å²) in [5, 5.41) is 3.02. The molecule has 0 aliphatic carbocycles. The summed E-state index contributed by atoms with van der Waals surface area (Å²) in [5.74, 6) is -0.240. The lowest BCUT2D eigenvalue weighted by atomic mass is 10.4. The number of carbonyl (C=O) groups is 1. The van der Waals surface area contributed by atoms with Crippen LogP contribution < -0.4 is 5.09 Å². The van der Waals surface area contributed by atoms with Gasteiger partial charge in [0.25, 0.3) is 12.6 Å². The first-order chi connectivity index (χ1) is 7.41. The first-order valence-electron chi connectivity index (χ1n) is 5.29. The molecule has 0 saturated heterocycles. The van der Waals surface area contributed by atoms with Crippen LogP contribution in [-0.4, -0.2) is 29.9 Å². The predicted octanol–water partition coefficient (Wildman–Crippen LogP) is 2.88. The molecule has 2 unspecified atom stereocenters. The molecule has 0 aromatic heterocycles. The quantitative estimate of drug-likeness (QED) is 0.592. The molecule has 0 aliphatic heterocycles. The van der Waals surface area contributed by atoms with E-state index in [1.54, 1.807) is 27.1 Å². The number of amides is 1. The summed E-state index contributed by atoms with van der Waals surface area (Å²) in [4.78, 5) is 11.6. The van der Waals surface area contributed by atoms with Crippen LogP contribution in [0.3, 0.4) is 0 Å². The largest absolute Gasteiger partial charge is 0.294 e. The first-order valence-corrected chi connectivity index (χ1v) is 8.44. The Morgan fingerprint density at radius 3 is 2.56 bits per heavy atom. The second-order valence-corrected chi connectivity index (χ2v) is 8.65. The minimum absolute atomic E-state index is 0.240. The van der Waals surface area contributed by atoms with Crippen LogP contribution in [0.4, 0.5) is 0 Å². The van der Waals surface area contributed by atoms with Gasteiger partial charge in [-0.05, 0) is 26.5 Å². The Hall–Kier alpha value is -0.250. The van der Waals surface area contributed by atoms with Gasteiger partial charge in [-0.25, -0.2) is 5.09 Å². The molecule has 0 spiro atoms. The van der Waals surface area contributed by atoms with Crippen LogP contribution in [0.25, 0.3) is 0 Å². The van der Waals surface area contributed by atoms with Gasteiger partial charge in [-0.2, -0.15) is 0 Å². The molecular weight excluding hydrogens is 243 g/mol. The van der Waals surface area contributed by atoms with Gasteiger partial charge in [0.2, 0.25) is 0 Å². The lowest BCUT2D eigenvalue weighted by Gasteiger charge is -2.27. The average molecular weight is 264 g/mol. The maximum atomic E-state index is 12.5. The molecule has 0 heterocycles. The van der Waals surface area contributed by atoms with Crippen LogP contribution in [-0.2, 0) is 9.36 Å². The Morgan fingerprint density at radius 2 is 2.19 bits per heavy atom. The van der Waals surface area contributed by atoms with Gasteiger partial charge in [0.05, 0.1) is 0 Å². The van der Waals surface area contributed by atoms with Crippen LogP contribution in [0.5, 0.6) is 0 Å². The molecule has 0 aliphatic rings. The van der Waals surface area contributed by atoms with Gasteiger partial charge >= 0.3 is 0 Å². The summed E-state index contributed by atoms with van der Waals surface area (Å²) < 4.78 is 13.8. The highest BCUT2D eigenvalue weighted by Crippen LogP contribution is 2.59. The Kier molecular flexibility index (Phi) is 7.04. The van der Waals surface area contributed by atoms with Gasteiger partial charge in [0, 0.05) is 12.3 Å². The lowest BCUT2D eigenvalue weighted by Crippen LogP contribution is -2.26. The average Bonchev–Trinajstić information content (AvgIpc) is 2.27. The van der Waals surface area contributed by atoms with Gasteiger partial charge in [0.15, 0.2) is 0 Å². The maximum Gasteiger partial charge on any atom is 0.294 e. The van der Waals surface area contributed by atoms with Crippen molar-refractivity contribution in [2.24, 2.45) is 0 Å². The van der Waals surface area contributed by atoms with Crippen LogP contribution in [0.2, 0.25) is 0 Å². The molecule has 0 radical (unpaired) electrons. The highest BCUT2D eigenvalue weighted by atomic mass is 32.7. The molecule has 16 heavy (non-hydrogen) atoms. The zero-order valence-corrected chi connectivity index (χ0v) is 12.3. The molecule has 0 aromatic carbocycles. The van der Waals surface area contributed by atoms with Gasteiger partial charge in [-0.15, -0.1) is 0 Å².